The van der Waals surface area contributed by atoms with E-state index in [1.807, 2.05) is 97.1 Å². The Morgan fingerprint density at radius 2 is 1.44 bits per heavy atom. The van der Waals surface area contributed by atoms with Gasteiger partial charge in [-0.3, -0.25) is 14.4 Å². The number of carbonyl (C=O) groups is 4. The average molecular weight is 731 g/mol. The standard InChI is InChI=1S/C43H46N4O7/c44-23-13-12-20-33(40(49)41-45-35-21-10-11-22-39(35)54-41)25-38(48)37-26-34(52-28-31-16-6-2-7-17-31)27-47(37)42(50)36(24-30-14-4-1-5-15-30)46-43(51)53-29-32-18-8-3-9-19-32/h1-11,14-19,21-22,33-34,36-37H,12-13,20,23-29,44H2,(H,46,51)/t33-,34-,36-,37+/m1/s1. The van der Waals surface area contributed by atoms with Gasteiger partial charge in [0.2, 0.25) is 11.7 Å². The molecule has 11 nitrogen and oxygen atoms in total. The summed E-state index contributed by atoms with van der Waals surface area (Å²) in [6.45, 7) is 0.903. The molecule has 2 heterocycles. The largest absolute Gasteiger partial charge is 0.445 e. The van der Waals surface area contributed by atoms with Crippen LogP contribution in [-0.4, -0.2) is 64.7 Å². The number of nitrogens with two attached hydrogens (primary N) is 1. The maximum absolute atomic E-state index is 14.6. The topological polar surface area (TPSA) is 154 Å². The fourth-order valence-electron chi connectivity index (χ4n) is 6.80. The molecule has 0 radical (unpaired) electrons. The molecule has 4 atom stereocenters. The summed E-state index contributed by atoms with van der Waals surface area (Å²) in [5.74, 6) is -1.86. The quantitative estimate of drug-likeness (QED) is 0.0766. The number of ketones is 2. The van der Waals surface area contributed by atoms with E-state index in [1.54, 1.807) is 18.2 Å². The lowest BCUT2D eigenvalue weighted by molar-refractivity contribution is -0.139. The normalized spacial score (nSPS) is 16.5. The predicted molar refractivity (Wildman–Crippen MR) is 203 cm³/mol. The summed E-state index contributed by atoms with van der Waals surface area (Å²) in [5, 5.41) is 2.78. The minimum atomic E-state index is -1.04. The van der Waals surface area contributed by atoms with Crippen LogP contribution in [0.25, 0.3) is 11.1 Å². The molecule has 0 bridgehead atoms. The van der Waals surface area contributed by atoms with Crippen molar-refractivity contribution in [2.45, 2.75) is 69.9 Å². The Morgan fingerprint density at radius 1 is 0.815 bits per heavy atom. The van der Waals surface area contributed by atoms with Crippen LogP contribution in [0.2, 0.25) is 0 Å². The van der Waals surface area contributed by atoms with Crippen molar-refractivity contribution in [3.8, 4) is 0 Å². The minimum absolute atomic E-state index is 0.0266. The number of unbranched alkanes of at least 4 members (excludes halogenated alkanes) is 1. The molecule has 11 heteroatoms. The number of oxazole rings is 1. The van der Waals surface area contributed by atoms with E-state index in [9.17, 15) is 19.2 Å². The molecule has 6 rings (SSSR count). The van der Waals surface area contributed by atoms with Crippen molar-refractivity contribution in [3.05, 3.63) is 138 Å². The van der Waals surface area contributed by atoms with Gasteiger partial charge in [-0.25, -0.2) is 9.78 Å². The van der Waals surface area contributed by atoms with Gasteiger partial charge in [0.05, 0.1) is 18.8 Å². The molecule has 4 aromatic carbocycles. The van der Waals surface area contributed by atoms with Crippen molar-refractivity contribution in [2.75, 3.05) is 13.1 Å². The smallest absolute Gasteiger partial charge is 0.408 e. The van der Waals surface area contributed by atoms with Crippen molar-refractivity contribution >= 4 is 34.7 Å². The number of aromatic nitrogens is 1. The molecule has 0 saturated carbocycles. The molecule has 1 aromatic heterocycles. The molecule has 0 unspecified atom stereocenters. The second-order valence-corrected chi connectivity index (χ2v) is 13.6. The third-order valence-electron chi connectivity index (χ3n) is 9.66. The Hall–Kier alpha value is -5.65. The van der Waals surface area contributed by atoms with Crippen LogP contribution in [0.3, 0.4) is 0 Å². The molecule has 5 aromatic rings. The number of amides is 2. The number of rotatable bonds is 18. The molecule has 280 valence electrons. The fourth-order valence-corrected chi connectivity index (χ4v) is 6.80. The SMILES string of the molecule is NCCCC[C@H](CC(=O)[C@@H]1C[C@@H](OCc2ccccc2)CN1C(=O)[C@@H](Cc1ccccc1)NC(=O)OCc1ccccc1)C(=O)c1nc2ccccc2o1. The Kier molecular flexibility index (Phi) is 13.3. The first-order valence-electron chi connectivity index (χ1n) is 18.5. The van der Waals surface area contributed by atoms with Crippen molar-refractivity contribution in [1.29, 1.82) is 0 Å². The highest BCUT2D eigenvalue weighted by Crippen LogP contribution is 2.29. The first-order chi connectivity index (χ1) is 26.4. The predicted octanol–water partition coefficient (Wildman–Crippen LogP) is 6.44. The van der Waals surface area contributed by atoms with Gasteiger partial charge < -0.3 is 29.8 Å². The van der Waals surface area contributed by atoms with E-state index in [-0.39, 0.29) is 49.9 Å². The molecular formula is C43H46N4O7. The molecule has 54 heavy (non-hydrogen) atoms. The zero-order valence-electron chi connectivity index (χ0n) is 30.2. The maximum Gasteiger partial charge on any atom is 0.408 e. The van der Waals surface area contributed by atoms with Gasteiger partial charge in [-0.05, 0) is 48.2 Å². The molecule has 1 aliphatic rings. The number of nitrogens with one attached hydrogen (secondary N) is 1. The number of carbonyl (C=O) groups excluding carboxylic acids is 4. The number of benzene rings is 4. The van der Waals surface area contributed by atoms with E-state index in [2.05, 4.69) is 10.3 Å². The van der Waals surface area contributed by atoms with Crippen LogP contribution in [0.15, 0.2) is 120 Å². The Balaban J connectivity index is 1.24. The lowest BCUT2D eigenvalue weighted by atomic mass is 9.89. The molecule has 1 fully saturated rings. The zero-order valence-corrected chi connectivity index (χ0v) is 30.2. The molecular weight excluding hydrogens is 684 g/mol. The maximum atomic E-state index is 14.6. The summed E-state index contributed by atoms with van der Waals surface area (Å²) in [4.78, 5) is 62.0. The van der Waals surface area contributed by atoms with Gasteiger partial charge in [0, 0.05) is 31.7 Å². The van der Waals surface area contributed by atoms with Crippen LogP contribution in [-0.2, 0) is 38.7 Å². The number of hydrogen-bond acceptors (Lipinski definition) is 9. The number of ether oxygens (including phenoxy) is 2. The molecule has 1 saturated heterocycles. The molecule has 0 spiro atoms. The summed E-state index contributed by atoms with van der Waals surface area (Å²) in [6.07, 6.45) is 0.779. The van der Waals surface area contributed by atoms with Crippen molar-refractivity contribution in [3.63, 3.8) is 0 Å². The number of nitrogens with zero attached hydrogens (tertiary/aromatic N) is 2. The number of fused-ring (bicyclic) bond motifs is 1. The fraction of sp³-hybridized carbons (Fsp3) is 0.326. The monoisotopic (exact) mass is 730 g/mol. The Bertz CT molecular complexity index is 1950. The van der Waals surface area contributed by atoms with E-state index in [4.69, 9.17) is 19.6 Å². The third-order valence-corrected chi connectivity index (χ3v) is 9.66. The van der Waals surface area contributed by atoms with Gasteiger partial charge in [-0.15, -0.1) is 0 Å². The van der Waals surface area contributed by atoms with E-state index >= 15 is 0 Å². The highest BCUT2D eigenvalue weighted by atomic mass is 16.5. The van der Waals surface area contributed by atoms with Gasteiger partial charge >= 0.3 is 6.09 Å². The molecule has 2 amide bonds. The van der Waals surface area contributed by atoms with Crippen LogP contribution in [0.5, 0.6) is 0 Å². The second kappa shape index (κ2) is 18.9. The number of para-hydroxylation sites is 2. The Labute approximate surface area is 314 Å². The summed E-state index contributed by atoms with van der Waals surface area (Å²) >= 11 is 0. The molecule has 1 aliphatic heterocycles. The van der Waals surface area contributed by atoms with E-state index in [0.717, 1.165) is 16.7 Å². The molecule has 0 aliphatic carbocycles. The van der Waals surface area contributed by atoms with Crippen LogP contribution in [0.4, 0.5) is 4.79 Å². The summed E-state index contributed by atoms with van der Waals surface area (Å²) in [7, 11) is 0. The summed E-state index contributed by atoms with van der Waals surface area (Å²) in [5.41, 5.74) is 9.40. The Morgan fingerprint density at radius 3 is 2.11 bits per heavy atom. The molecule has 3 N–H and O–H groups in total. The van der Waals surface area contributed by atoms with Gasteiger partial charge in [-0.2, -0.15) is 0 Å². The van der Waals surface area contributed by atoms with Crippen LogP contribution >= 0.6 is 0 Å². The van der Waals surface area contributed by atoms with Crippen LogP contribution < -0.4 is 11.1 Å². The van der Waals surface area contributed by atoms with Crippen LogP contribution in [0, 0.1) is 5.92 Å². The number of likely N-dealkylation sites (tertiary alicyclic amines) is 1. The van der Waals surface area contributed by atoms with Crippen LogP contribution in [0.1, 0.15) is 59.5 Å². The van der Waals surface area contributed by atoms with E-state index in [0.29, 0.717) is 43.5 Å². The average Bonchev–Trinajstić information content (AvgIpc) is 3.85. The van der Waals surface area contributed by atoms with Crippen molar-refractivity contribution < 1.29 is 33.1 Å². The zero-order chi connectivity index (χ0) is 37.7. The highest BCUT2D eigenvalue weighted by molar-refractivity contribution is 6.00. The van der Waals surface area contributed by atoms with Gasteiger partial charge in [-0.1, -0.05) is 110 Å². The van der Waals surface area contributed by atoms with Gasteiger partial charge in [0.25, 0.3) is 5.89 Å². The lowest BCUT2D eigenvalue weighted by Crippen LogP contribution is -2.53. The number of Topliss-reactive ketones (excluding diaryl/α,β-unsaturated/α-hetero) is 2. The lowest BCUT2D eigenvalue weighted by Gasteiger charge is -2.29. The third kappa shape index (κ3) is 10.3. The number of alkyl carbamates (subject to hydrolysis) is 1. The van der Waals surface area contributed by atoms with E-state index in [1.165, 1.54) is 4.90 Å². The first kappa shape index (κ1) is 38.1. The van der Waals surface area contributed by atoms with Gasteiger partial charge in [0.15, 0.2) is 11.4 Å². The van der Waals surface area contributed by atoms with Gasteiger partial charge in [0.1, 0.15) is 18.2 Å². The summed E-state index contributed by atoms with van der Waals surface area (Å²) in [6, 6.07) is 33.4. The highest BCUT2D eigenvalue weighted by Gasteiger charge is 2.43. The van der Waals surface area contributed by atoms with Crippen molar-refractivity contribution in [1.82, 2.24) is 15.2 Å². The summed E-state index contributed by atoms with van der Waals surface area (Å²) < 4.78 is 17.6. The minimum Gasteiger partial charge on any atom is -0.445 e. The first-order valence-corrected chi connectivity index (χ1v) is 18.5. The van der Waals surface area contributed by atoms with E-state index < -0.39 is 36.1 Å². The number of hydrogen-bond donors (Lipinski definition) is 2. The second-order valence-electron chi connectivity index (χ2n) is 13.6. The van der Waals surface area contributed by atoms with Crippen molar-refractivity contribution in [2.24, 2.45) is 11.7 Å².